The Morgan fingerprint density at radius 2 is 2.05 bits per heavy atom. The molecule has 0 bridgehead atoms. The molecule has 21 heavy (non-hydrogen) atoms. The van der Waals surface area contributed by atoms with Gasteiger partial charge in [-0.1, -0.05) is 11.3 Å². The smallest absolute Gasteiger partial charge is 0.416 e. The van der Waals surface area contributed by atoms with Crippen LogP contribution in [-0.2, 0) is 11.8 Å². The number of anilines is 1. The van der Waals surface area contributed by atoms with Gasteiger partial charge in [0.05, 0.1) is 16.1 Å². The molecule has 0 atom stereocenters. The van der Waals surface area contributed by atoms with Crippen LogP contribution in [-0.4, -0.2) is 4.98 Å². The molecule has 2 aliphatic rings. The topological polar surface area (TPSA) is 48.1 Å². The summed E-state index contributed by atoms with van der Waals surface area (Å²) in [5.41, 5.74) is 5.81. The number of hydrogen-bond acceptors (Lipinski definition) is 4. The van der Waals surface area contributed by atoms with Crippen LogP contribution in [0.5, 0.6) is 5.75 Å². The van der Waals surface area contributed by atoms with Gasteiger partial charge in [-0.2, -0.15) is 13.2 Å². The van der Waals surface area contributed by atoms with Crippen molar-refractivity contribution in [2.75, 3.05) is 5.73 Å². The Morgan fingerprint density at radius 3 is 2.67 bits per heavy atom. The molecule has 1 aliphatic carbocycles. The molecule has 1 aromatic heterocycles. The van der Waals surface area contributed by atoms with Crippen molar-refractivity contribution in [3.63, 3.8) is 0 Å². The Bertz CT molecular complexity index is 734. The average Bonchev–Trinajstić information content (AvgIpc) is 2.76. The molecule has 0 amide bonds. The van der Waals surface area contributed by atoms with E-state index in [2.05, 4.69) is 4.98 Å². The number of hydrogen-bond donors (Lipinski definition) is 1. The predicted octanol–water partition coefficient (Wildman–Crippen LogP) is 4.18. The lowest BCUT2D eigenvalue weighted by molar-refractivity contribution is -0.137. The average molecular weight is 312 g/mol. The third kappa shape index (κ3) is 1.76. The van der Waals surface area contributed by atoms with Gasteiger partial charge in [0.25, 0.3) is 0 Å². The molecule has 2 N–H and O–H groups in total. The van der Waals surface area contributed by atoms with Crippen LogP contribution in [0.1, 0.15) is 29.7 Å². The second kappa shape index (κ2) is 3.91. The molecule has 1 spiro atoms. The van der Waals surface area contributed by atoms with Gasteiger partial charge in [0, 0.05) is 5.56 Å². The van der Waals surface area contributed by atoms with Gasteiger partial charge in [-0.3, -0.25) is 0 Å². The van der Waals surface area contributed by atoms with E-state index in [1.165, 1.54) is 17.4 Å². The number of nitrogens with two attached hydrogens (primary N) is 1. The zero-order chi connectivity index (χ0) is 14.8. The number of fused-ring (bicyclic) bond motifs is 4. The summed E-state index contributed by atoms with van der Waals surface area (Å²) >= 11 is 1.37. The van der Waals surface area contributed by atoms with E-state index in [4.69, 9.17) is 10.5 Å². The molecule has 3 nitrogen and oxygen atoms in total. The van der Waals surface area contributed by atoms with E-state index in [0.717, 1.165) is 36.3 Å². The molecule has 1 fully saturated rings. The molecule has 2 heterocycles. The zero-order valence-corrected chi connectivity index (χ0v) is 11.6. The normalized spacial score (nSPS) is 18.6. The first-order valence-corrected chi connectivity index (χ1v) is 7.38. The van der Waals surface area contributed by atoms with Crippen molar-refractivity contribution in [2.24, 2.45) is 0 Å². The van der Waals surface area contributed by atoms with Crippen molar-refractivity contribution in [3.05, 3.63) is 28.6 Å². The fourth-order valence-electron chi connectivity index (χ4n) is 2.89. The first-order valence-electron chi connectivity index (χ1n) is 6.56. The van der Waals surface area contributed by atoms with Gasteiger partial charge in [-0.05, 0) is 37.5 Å². The van der Waals surface area contributed by atoms with Crippen molar-refractivity contribution in [2.45, 2.75) is 31.0 Å². The van der Waals surface area contributed by atoms with Crippen LogP contribution in [0.15, 0.2) is 18.2 Å². The third-order valence-corrected chi connectivity index (χ3v) is 5.16. The molecule has 0 radical (unpaired) electrons. The summed E-state index contributed by atoms with van der Waals surface area (Å²) in [5.74, 6) is 0.252. The minimum absolute atomic E-state index is 0.252. The maximum Gasteiger partial charge on any atom is 0.416 e. The van der Waals surface area contributed by atoms with Crippen LogP contribution >= 0.6 is 11.3 Å². The summed E-state index contributed by atoms with van der Waals surface area (Å²) < 4.78 is 44.5. The summed E-state index contributed by atoms with van der Waals surface area (Å²) in [6.45, 7) is 0. The fourth-order valence-corrected chi connectivity index (χ4v) is 3.92. The van der Waals surface area contributed by atoms with E-state index in [1.807, 2.05) is 0 Å². The van der Waals surface area contributed by atoms with Gasteiger partial charge in [0.1, 0.15) is 11.4 Å². The van der Waals surface area contributed by atoms with Crippen molar-refractivity contribution >= 4 is 16.5 Å². The van der Waals surface area contributed by atoms with Gasteiger partial charge < -0.3 is 10.5 Å². The number of ether oxygens (including phenoxy) is 1. The molecule has 0 unspecified atom stereocenters. The Kier molecular flexibility index (Phi) is 2.41. The van der Waals surface area contributed by atoms with Crippen LogP contribution in [0.2, 0.25) is 0 Å². The lowest BCUT2D eigenvalue weighted by atomic mass is 9.76. The van der Waals surface area contributed by atoms with Crippen molar-refractivity contribution in [3.8, 4) is 17.0 Å². The summed E-state index contributed by atoms with van der Waals surface area (Å²) in [4.78, 5) is 5.24. The molecule has 0 saturated heterocycles. The maximum atomic E-state index is 12.9. The van der Waals surface area contributed by atoms with Gasteiger partial charge in [-0.25, -0.2) is 4.98 Å². The second-order valence-corrected chi connectivity index (χ2v) is 6.42. The van der Waals surface area contributed by atoms with Crippen molar-refractivity contribution < 1.29 is 17.9 Å². The highest BCUT2D eigenvalue weighted by molar-refractivity contribution is 7.16. The summed E-state index contributed by atoms with van der Waals surface area (Å²) in [6, 6.07) is 3.54. The van der Waals surface area contributed by atoms with E-state index >= 15 is 0 Å². The van der Waals surface area contributed by atoms with E-state index in [0.29, 0.717) is 16.4 Å². The minimum Gasteiger partial charge on any atom is -0.481 e. The highest BCUT2D eigenvalue weighted by Gasteiger charge is 2.48. The van der Waals surface area contributed by atoms with Gasteiger partial charge in [0.2, 0.25) is 0 Å². The molecule has 1 aliphatic heterocycles. The molecule has 110 valence electrons. The van der Waals surface area contributed by atoms with E-state index in [9.17, 15) is 13.2 Å². The number of aromatic nitrogens is 1. The van der Waals surface area contributed by atoms with Crippen molar-refractivity contribution in [1.29, 1.82) is 0 Å². The van der Waals surface area contributed by atoms with Crippen LogP contribution in [0.3, 0.4) is 0 Å². The van der Waals surface area contributed by atoms with E-state index < -0.39 is 17.3 Å². The molecule has 4 rings (SSSR count). The molecule has 2 aromatic rings. The number of benzene rings is 1. The minimum atomic E-state index is -4.38. The maximum absolute atomic E-state index is 12.9. The zero-order valence-electron chi connectivity index (χ0n) is 10.8. The summed E-state index contributed by atoms with van der Waals surface area (Å²) in [5, 5.41) is 0.419. The lowest BCUT2D eigenvalue weighted by Crippen LogP contribution is -2.41. The number of alkyl halides is 3. The standard InChI is InChI=1S/C14H11F3N2OS/c15-14(16,17)7-2-3-8-9(6-7)20-13(4-1-5-13)11-10(8)19-12(18)21-11/h2-3,6H,1,4-5H2,(H2,18,19). The van der Waals surface area contributed by atoms with Crippen LogP contribution in [0, 0.1) is 0 Å². The summed E-state index contributed by atoms with van der Waals surface area (Å²) in [7, 11) is 0. The predicted molar refractivity (Wildman–Crippen MR) is 73.1 cm³/mol. The Balaban J connectivity index is 1.91. The Labute approximate surface area is 122 Å². The monoisotopic (exact) mass is 312 g/mol. The molecular formula is C14H11F3N2OS. The summed E-state index contributed by atoms with van der Waals surface area (Å²) in [6.07, 6.45) is -1.81. The largest absolute Gasteiger partial charge is 0.481 e. The van der Waals surface area contributed by atoms with Gasteiger partial charge in [-0.15, -0.1) is 0 Å². The highest BCUT2D eigenvalue weighted by atomic mass is 32.1. The highest BCUT2D eigenvalue weighted by Crippen LogP contribution is 2.56. The van der Waals surface area contributed by atoms with Gasteiger partial charge in [0.15, 0.2) is 5.13 Å². The molecule has 1 saturated carbocycles. The fraction of sp³-hybridized carbons (Fsp3) is 0.357. The molecular weight excluding hydrogens is 301 g/mol. The van der Waals surface area contributed by atoms with Crippen LogP contribution < -0.4 is 10.5 Å². The second-order valence-electron chi connectivity index (χ2n) is 5.39. The number of nitrogens with zero attached hydrogens (tertiary/aromatic N) is 1. The number of nitrogen functional groups attached to an aromatic ring is 1. The molecule has 1 aromatic carbocycles. The number of thiazole rings is 1. The first-order chi connectivity index (χ1) is 9.89. The van der Waals surface area contributed by atoms with Crippen LogP contribution in [0.25, 0.3) is 11.3 Å². The van der Waals surface area contributed by atoms with E-state index in [-0.39, 0.29) is 5.75 Å². The molecule has 7 heteroatoms. The SMILES string of the molecule is Nc1nc2c(s1)C1(CCC1)Oc1cc(C(F)(F)F)ccc1-2. The van der Waals surface area contributed by atoms with Gasteiger partial charge >= 0.3 is 6.18 Å². The van der Waals surface area contributed by atoms with E-state index in [1.54, 1.807) is 0 Å². The quantitative estimate of drug-likeness (QED) is 0.794. The number of rotatable bonds is 0. The Hall–Kier alpha value is -1.76. The first kappa shape index (κ1) is 12.9. The Morgan fingerprint density at radius 1 is 1.29 bits per heavy atom. The number of halogens is 3. The van der Waals surface area contributed by atoms with Crippen molar-refractivity contribution in [1.82, 2.24) is 4.98 Å². The van der Waals surface area contributed by atoms with Crippen LogP contribution in [0.4, 0.5) is 18.3 Å². The lowest BCUT2D eigenvalue weighted by Gasteiger charge is -2.44. The third-order valence-electron chi connectivity index (χ3n) is 4.09.